The van der Waals surface area contributed by atoms with Crippen molar-refractivity contribution in [3.8, 4) is 5.75 Å². The third-order valence-corrected chi connectivity index (χ3v) is 3.71. The summed E-state index contributed by atoms with van der Waals surface area (Å²) in [6.07, 6.45) is 1.12. The Morgan fingerprint density at radius 3 is 3.00 bits per heavy atom. The first-order valence-electron chi connectivity index (χ1n) is 6.56. The van der Waals surface area contributed by atoms with Crippen LogP contribution >= 0.6 is 23.4 Å². The summed E-state index contributed by atoms with van der Waals surface area (Å²) in [5.74, 6) is 2.44. The van der Waals surface area contributed by atoms with E-state index in [-0.39, 0.29) is 12.5 Å². The van der Waals surface area contributed by atoms with Gasteiger partial charge in [0.05, 0.1) is 13.0 Å². The molecule has 0 spiro atoms. The molecule has 20 heavy (non-hydrogen) atoms. The monoisotopic (exact) mass is 317 g/mol. The number of nitrogens with one attached hydrogen (secondary N) is 1. The van der Waals surface area contributed by atoms with Gasteiger partial charge in [-0.2, -0.15) is 11.8 Å². The number of aliphatic hydroxyl groups excluding tert-OH is 1. The summed E-state index contributed by atoms with van der Waals surface area (Å²) in [7, 11) is 0. The second-order valence-electron chi connectivity index (χ2n) is 4.10. The normalized spacial score (nSPS) is 10.3. The lowest BCUT2D eigenvalue weighted by Crippen LogP contribution is -2.27. The predicted molar refractivity (Wildman–Crippen MR) is 83.6 cm³/mol. The van der Waals surface area contributed by atoms with Crippen LogP contribution in [0.3, 0.4) is 0 Å². The van der Waals surface area contributed by atoms with Gasteiger partial charge in [0.25, 0.3) is 0 Å². The van der Waals surface area contributed by atoms with Gasteiger partial charge < -0.3 is 15.2 Å². The van der Waals surface area contributed by atoms with Gasteiger partial charge >= 0.3 is 0 Å². The van der Waals surface area contributed by atoms with E-state index in [1.165, 1.54) is 0 Å². The van der Waals surface area contributed by atoms with Crippen LogP contribution in [0, 0.1) is 0 Å². The Balaban J connectivity index is 2.03. The molecule has 1 aromatic rings. The Morgan fingerprint density at radius 1 is 1.40 bits per heavy atom. The number of benzene rings is 1. The van der Waals surface area contributed by atoms with Crippen LogP contribution < -0.4 is 10.1 Å². The summed E-state index contributed by atoms with van der Waals surface area (Å²) in [6.45, 7) is 1.20. The van der Waals surface area contributed by atoms with Gasteiger partial charge in [0.2, 0.25) is 5.91 Å². The minimum Gasteiger partial charge on any atom is -0.493 e. The predicted octanol–water partition coefficient (Wildman–Crippen LogP) is 2.34. The highest BCUT2D eigenvalue weighted by atomic mass is 35.5. The topological polar surface area (TPSA) is 58.6 Å². The molecule has 0 heterocycles. The quantitative estimate of drug-likeness (QED) is 0.650. The Hall–Kier alpha value is -0.910. The van der Waals surface area contributed by atoms with E-state index in [0.717, 1.165) is 17.9 Å². The number of halogens is 1. The molecule has 4 nitrogen and oxygen atoms in total. The zero-order valence-corrected chi connectivity index (χ0v) is 12.9. The minimum absolute atomic E-state index is 0.0187. The summed E-state index contributed by atoms with van der Waals surface area (Å²) in [5.41, 5.74) is 0. The van der Waals surface area contributed by atoms with E-state index in [9.17, 15) is 4.79 Å². The second-order valence-corrected chi connectivity index (χ2v) is 5.76. The zero-order valence-electron chi connectivity index (χ0n) is 11.3. The molecule has 0 fully saturated rings. The van der Waals surface area contributed by atoms with Crippen molar-refractivity contribution in [1.29, 1.82) is 0 Å². The molecule has 0 atom stereocenters. The van der Waals surface area contributed by atoms with Crippen molar-refractivity contribution in [2.75, 3.05) is 31.3 Å². The summed E-state index contributed by atoms with van der Waals surface area (Å²) in [5, 5.41) is 12.1. The molecule has 1 rings (SSSR count). The Labute approximate surface area is 128 Å². The molecular weight excluding hydrogens is 298 g/mol. The zero-order chi connectivity index (χ0) is 14.6. The van der Waals surface area contributed by atoms with Gasteiger partial charge in [-0.05, 0) is 30.4 Å². The molecule has 2 N–H and O–H groups in total. The highest BCUT2D eigenvalue weighted by Gasteiger charge is 2.02. The maximum atomic E-state index is 11.5. The number of ether oxygens (including phenoxy) is 1. The largest absolute Gasteiger partial charge is 0.493 e. The molecule has 1 aromatic carbocycles. The first-order chi connectivity index (χ1) is 9.72. The standard InChI is InChI=1S/C14H20ClNO3S/c15-12-3-1-4-13(11-12)19-8-5-14(18)16-6-10-20-9-2-7-17/h1,3-4,11,17H,2,5-10H2,(H,16,18). The van der Waals surface area contributed by atoms with Crippen molar-refractivity contribution in [1.82, 2.24) is 5.32 Å². The van der Waals surface area contributed by atoms with E-state index in [0.29, 0.717) is 30.3 Å². The fourth-order valence-corrected chi connectivity index (χ4v) is 2.40. The number of carbonyl (C=O) groups excluding carboxylic acids is 1. The van der Waals surface area contributed by atoms with Gasteiger partial charge in [-0.1, -0.05) is 17.7 Å². The van der Waals surface area contributed by atoms with Gasteiger partial charge in [-0.3, -0.25) is 4.79 Å². The van der Waals surface area contributed by atoms with Gasteiger partial charge in [-0.15, -0.1) is 0 Å². The Kier molecular flexibility index (Phi) is 9.28. The number of carbonyl (C=O) groups is 1. The van der Waals surface area contributed by atoms with Gasteiger partial charge in [0, 0.05) is 23.9 Å². The molecule has 0 unspecified atom stereocenters. The second kappa shape index (κ2) is 10.8. The Morgan fingerprint density at radius 2 is 2.25 bits per heavy atom. The van der Waals surface area contributed by atoms with Gasteiger partial charge in [-0.25, -0.2) is 0 Å². The number of hydrogen-bond donors (Lipinski definition) is 2. The number of rotatable bonds is 10. The van der Waals surface area contributed by atoms with Crippen LogP contribution in [0.4, 0.5) is 0 Å². The molecule has 0 saturated heterocycles. The van der Waals surface area contributed by atoms with Crippen molar-refractivity contribution >= 4 is 29.3 Å². The first kappa shape index (κ1) is 17.1. The third-order valence-electron chi connectivity index (χ3n) is 2.41. The molecule has 0 aliphatic carbocycles. The number of aliphatic hydroxyl groups is 1. The first-order valence-corrected chi connectivity index (χ1v) is 8.09. The summed E-state index contributed by atoms with van der Waals surface area (Å²) in [4.78, 5) is 11.5. The molecule has 6 heteroatoms. The van der Waals surface area contributed by atoms with Crippen LogP contribution in [-0.4, -0.2) is 42.3 Å². The molecular formula is C14H20ClNO3S. The van der Waals surface area contributed by atoms with Crippen LogP contribution in [0.25, 0.3) is 0 Å². The van der Waals surface area contributed by atoms with E-state index in [1.54, 1.807) is 30.0 Å². The molecule has 0 aromatic heterocycles. The van der Waals surface area contributed by atoms with Gasteiger partial charge in [0.15, 0.2) is 0 Å². The van der Waals surface area contributed by atoms with Crippen molar-refractivity contribution in [2.24, 2.45) is 0 Å². The molecule has 0 aliphatic rings. The fraction of sp³-hybridized carbons (Fsp3) is 0.500. The number of amides is 1. The third kappa shape index (κ3) is 8.30. The van der Waals surface area contributed by atoms with Crippen LogP contribution in [0.15, 0.2) is 24.3 Å². The van der Waals surface area contributed by atoms with Crippen molar-refractivity contribution in [2.45, 2.75) is 12.8 Å². The van der Waals surface area contributed by atoms with Gasteiger partial charge in [0.1, 0.15) is 5.75 Å². The van der Waals surface area contributed by atoms with E-state index in [1.807, 2.05) is 6.07 Å². The molecule has 1 amide bonds. The van der Waals surface area contributed by atoms with Crippen LogP contribution in [0.2, 0.25) is 5.02 Å². The Bertz CT molecular complexity index is 404. The highest BCUT2D eigenvalue weighted by molar-refractivity contribution is 7.99. The SMILES string of the molecule is O=C(CCOc1cccc(Cl)c1)NCCSCCCO. The maximum Gasteiger partial charge on any atom is 0.223 e. The lowest BCUT2D eigenvalue weighted by atomic mass is 10.3. The number of thioether (sulfide) groups is 1. The maximum absolute atomic E-state index is 11.5. The smallest absolute Gasteiger partial charge is 0.223 e. The van der Waals surface area contributed by atoms with E-state index in [2.05, 4.69) is 5.32 Å². The molecule has 0 saturated carbocycles. The molecule has 0 radical (unpaired) electrons. The van der Waals surface area contributed by atoms with Crippen molar-refractivity contribution < 1.29 is 14.6 Å². The molecule has 0 aliphatic heterocycles. The average molecular weight is 318 g/mol. The van der Waals surface area contributed by atoms with E-state index in [4.69, 9.17) is 21.4 Å². The summed E-state index contributed by atoms with van der Waals surface area (Å²) >= 11 is 7.55. The van der Waals surface area contributed by atoms with E-state index < -0.39 is 0 Å². The highest BCUT2D eigenvalue weighted by Crippen LogP contribution is 2.17. The summed E-state index contributed by atoms with van der Waals surface area (Å²) < 4.78 is 5.44. The minimum atomic E-state index is -0.0187. The molecule has 0 bridgehead atoms. The van der Waals surface area contributed by atoms with Crippen molar-refractivity contribution in [3.63, 3.8) is 0 Å². The van der Waals surface area contributed by atoms with Crippen LogP contribution in [0.1, 0.15) is 12.8 Å². The fourth-order valence-electron chi connectivity index (χ4n) is 1.44. The van der Waals surface area contributed by atoms with Crippen LogP contribution in [0.5, 0.6) is 5.75 Å². The average Bonchev–Trinajstić information content (AvgIpc) is 2.43. The van der Waals surface area contributed by atoms with E-state index >= 15 is 0 Å². The number of hydrogen-bond acceptors (Lipinski definition) is 4. The lowest BCUT2D eigenvalue weighted by Gasteiger charge is -2.07. The lowest BCUT2D eigenvalue weighted by molar-refractivity contribution is -0.121. The summed E-state index contributed by atoms with van der Waals surface area (Å²) in [6, 6.07) is 7.11. The molecule has 112 valence electrons. The van der Waals surface area contributed by atoms with Crippen LogP contribution in [-0.2, 0) is 4.79 Å². The van der Waals surface area contributed by atoms with Crippen molar-refractivity contribution in [3.05, 3.63) is 29.3 Å².